The second-order valence-electron chi connectivity index (χ2n) is 6.16. The quantitative estimate of drug-likeness (QED) is 0.832. The summed E-state index contributed by atoms with van der Waals surface area (Å²) in [6.07, 6.45) is 1.70. The molecule has 25 heavy (non-hydrogen) atoms. The van der Waals surface area contributed by atoms with E-state index in [0.29, 0.717) is 19.7 Å². The molecule has 0 radical (unpaired) electrons. The van der Waals surface area contributed by atoms with Crippen LogP contribution in [0.3, 0.4) is 0 Å². The zero-order valence-corrected chi connectivity index (χ0v) is 14.3. The molecular weight excluding hydrogens is 321 g/mol. The maximum atomic E-state index is 13.8. The van der Waals surface area contributed by atoms with Crippen LogP contribution in [0.15, 0.2) is 48.5 Å². The summed E-state index contributed by atoms with van der Waals surface area (Å²) >= 11 is 0. The minimum absolute atomic E-state index is 0.0457. The van der Waals surface area contributed by atoms with Gasteiger partial charge in [0.2, 0.25) is 0 Å². The van der Waals surface area contributed by atoms with Crippen LogP contribution in [0.4, 0.5) is 4.39 Å². The van der Waals surface area contributed by atoms with Gasteiger partial charge in [0.1, 0.15) is 11.6 Å². The van der Waals surface area contributed by atoms with Crippen molar-refractivity contribution in [3.8, 4) is 5.75 Å². The summed E-state index contributed by atoms with van der Waals surface area (Å²) in [6, 6.07) is 13.8. The first kappa shape index (κ1) is 17.4. The Morgan fingerprint density at radius 3 is 2.88 bits per heavy atom. The second kappa shape index (κ2) is 8.12. The van der Waals surface area contributed by atoms with Crippen molar-refractivity contribution >= 4 is 5.91 Å². The van der Waals surface area contributed by atoms with E-state index in [1.165, 1.54) is 12.1 Å². The number of nitrogens with zero attached hydrogens (tertiary/aromatic N) is 1. The molecule has 2 aromatic carbocycles. The molecule has 1 fully saturated rings. The number of halogens is 1. The van der Waals surface area contributed by atoms with Gasteiger partial charge in [-0.25, -0.2) is 4.39 Å². The Morgan fingerprint density at radius 1 is 1.24 bits per heavy atom. The van der Waals surface area contributed by atoms with Crippen LogP contribution in [-0.2, 0) is 11.3 Å². The monoisotopic (exact) mass is 343 g/mol. The van der Waals surface area contributed by atoms with Crippen LogP contribution in [0, 0.1) is 5.82 Å². The molecule has 1 aliphatic rings. The van der Waals surface area contributed by atoms with Crippen LogP contribution in [0.2, 0.25) is 0 Å². The van der Waals surface area contributed by atoms with E-state index in [0.717, 1.165) is 24.2 Å². The van der Waals surface area contributed by atoms with Crippen molar-refractivity contribution in [2.75, 3.05) is 20.2 Å². The number of likely N-dealkylation sites (tertiary alicyclic amines) is 1. The Balaban J connectivity index is 1.59. The average molecular weight is 343 g/mol. The van der Waals surface area contributed by atoms with Gasteiger partial charge < -0.3 is 14.4 Å². The predicted molar refractivity (Wildman–Crippen MR) is 93.1 cm³/mol. The van der Waals surface area contributed by atoms with Crippen LogP contribution in [-0.4, -0.2) is 37.1 Å². The predicted octanol–water partition coefficient (Wildman–Crippen LogP) is 3.66. The van der Waals surface area contributed by atoms with E-state index < -0.39 is 5.82 Å². The summed E-state index contributed by atoms with van der Waals surface area (Å²) in [6.45, 7) is 1.58. The number of hydrogen-bond acceptors (Lipinski definition) is 3. The minimum Gasteiger partial charge on any atom is -0.497 e. The molecule has 3 rings (SSSR count). The van der Waals surface area contributed by atoms with Crippen molar-refractivity contribution in [1.29, 1.82) is 0 Å². The summed E-state index contributed by atoms with van der Waals surface area (Å²) in [5.74, 6) is 0.0424. The zero-order valence-electron chi connectivity index (χ0n) is 14.3. The molecule has 1 saturated heterocycles. The van der Waals surface area contributed by atoms with E-state index in [-0.39, 0.29) is 17.6 Å². The summed E-state index contributed by atoms with van der Waals surface area (Å²) in [5, 5.41) is 0. The molecule has 0 unspecified atom stereocenters. The number of carbonyl (C=O) groups is 1. The molecule has 4 nitrogen and oxygen atoms in total. The van der Waals surface area contributed by atoms with Crippen LogP contribution in [0.1, 0.15) is 28.8 Å². The van der Waals surface area contributed by atoms with E-state index in [9.17, 15) is 9.18 Å². The van der Waals surface area contributed by atoms with Crippen LogP contribution < -0.4 is 4.74 Å². The van der Waals surface area contributed by atoms with Gasteiger partial charge in [-0.15, -0.1) is 0 Å². The lowest BCUT2D eigenvalue weighted by atomic mass is 10.1. The van der Waals surface area contributed by atoms with E-state index in [4.69, 9.17) is 9.47 Å². The Hall–Kier alpha value is -2.40. The van der Waals surface area contributed by atoms with Gasteiger partial charge in [-0.1, -0.05) is 24.3 Å². The highest BCUT2D eigenvalue weighted by molar-refractivity contribution is 5.94. The third-order valence-electron chi connectivity index (χ3n) is 4.39. The fourth-order valence-corrected chi connectivity index (χ4v) is 3.04. The van der Waals surface area contributed by atoms with Gasteiger partial charge in [-0.2, -0.15) is 0 Å². The highest BCUT2D eigenvalue weighted by atomic mass is 19.1. The standard InChI is InChI=1S/C20H22FNO3/c1-24-16-7-4-6-15(12-16)14-25-17-8-5-11-22(13-17)20(23)18-9-2-3-10-19(18)21/h2-4,6-7,9-10,12,17H,5,8,11,13-14H2,1H3/t17-/m0/s1. The summed E-state index contributed by atoms with van der Waals surface area (Å²) < 4.78 is 25.0. The summed E-state index contributed by atoms with van der Waals surface area (Å²) in [4.78, 5) is 14.2. The van der Waals surface area contributed by atoms with E-state index in [1.54, 1.807) is 24.1 Å². The number of benzene rings is 2. The minimum atomic E-state index is -0.480. The largest absolute Gasteiger partial charge is 0.497 e. The first-order chi connectivity index (χ1) is 12.2. The van der Waals surface area contributed by atoms with Crippen LogP contribution in [0.25, 0.3) is 0 Å². The van der Waals surface area contributed by atoms with Crippen molar-refractivity contribution in [1.82, 2.24) is 4.90 Å². The lowest BCUT2D eigenvalue weighted by molar-refractivity contribution is -0.00689. The lowest BCUT2D eigenvalue weighted by Crippen LogP contribution is -2.43. The number of hydrogen-bond donors (Lipinski definition) is 0. The van der Waals surface area contributed by atoms with Gasteiger partial charge in [-0.05, 0) is 42.7 Å². The fraction of sp³-hybridized carbons (Fsp3) is 0.350. The van der Waals surface area contributed by atoms with Gasteiger partial charge in [0.25, 0.3) is 5.91 Å². The highest BCUT2D eigenvalue weighted by Crippen LogP contribution is 2.20. The molecule has 1 amide bonds. The van der Waals surface area contributed by atoms with Gasteiger partial charge in [0.15, 0.2) is 0 Å². The maximum absolute atomic E-state index is 13.8. The third-order valence-corrected chi connectivity index (χ3v) is 4.39. The molecule has 0 spiro atoms. The average Bonchev–Trinajstić information content (AvgIpc) is 2.66. The molecule has 2 aromatic rings. The topological polar surface area (TPSA) is 38.8 Å². The fourth-order valence-electron chi connectivity index (χ4n) is 3.04. The second-order valence-corrected chi connectivity index (χ2v) is 6.16. The molecule has 0 bridgehead atoms. The van der Waals surface area contributed by atoms with Gasteiger partial charge in [0.05, 0.1) is 25.4 Å². The molecule has 0 aromatic heterocycles. The SMILES string of the molecule is COc1cccc(CO[C@H]2CCCN(C(=O)c3ccccc3F)C2)c1. The highest BCUT2D eigenvalue weighted by Gasteiger charge is 2.26. The molecule has 1 atom stereocenters. The Morgan fingerprint density at radius 2 is 2.08 bits per heavy atom. The van der Waals surface area contributed by atoms with E-state index in [2.05, 4.69) is 0 Å². The first-order valence-electron chi connectivity index (χ1n) is 8.45. The molecule has 5 heteroatoms. The normalized spacial score (nSPS) is 17.4. The van der Waals surface area contributed by atoms with Crippen molar-refractivity contribution in [3.63, 3.8) is 0 Å². The van der Waals surface area contributed by atoms with E-state index >= 15 is 0 Å². The molecule has 0 aliphatic carbocycles. The van der Waals surface area contributed by atoms with Gasteiger partial charge >= 0.3 is 0 Å². The van der Waals surface area contributed by atoms with Gasteiger partial charge in [0, 0.05) is 13.1 Å². The number of carbonyl (C=O) groups excluding carboxylic acids is 1. The molecule has 1 heterocycles. The van der Waals surface area contributed by atoms with E-state index in [1.807, 2.05) is 24.3 Å². The van der Waals surface area contributed by atoms with Crippen molar-refractivity contribution in [2.24, 2.45) is 0 Å². The Labute approximate surface area is 147 Å². The van der Waals surface area contributed by atoms with Crippen molar-refractivity contribution in [3.05, 3.63) is 65.5 Å². The maximum Gasteiger partial charge on any atom is 0.256 e. The zero-order chi connectivity index (χ0) is 17.6. The third kappa shape index (κ3) is 4.37. The number of methoxy groups -OCH3 is 1. The summed E-state index contributed by atoms with van der Waals surface area (Å²) in [5.41, 5.74) is 1.15. The smallest absolute Gasteiger partial charge is 0.256 e. The number of ether oxygens (including phenoxy) is 2. The van der Waals surface area contributed by atoms with Crippen molar-refractivity contribution < 1.29 is 18.7 Å². The number of rotatable bonds is 5. The number of piperidine rings is 1. The molecule has 1 aliphatic heterocycles. The van der Waals surface area contributed by atoms with Crippen LogP contribution in [0.5, 0.6) is 5.75 Å². The Kier molecular flexibility index (Phi) is 5.66. The lowest BCUT2D eigenvalue weighted by Gasteiger charge is -2.32. The van der Waals surface area contributed by atoms with Gasteiger partial charge in [-0.3, -0.25) is 4.79 Å². The Bertz CT molecular complexity index is 734. The van der Waals surface area contributed by atoms with Crippen LogP contribution >= 0.6 is 0 Å². The first-order valence-corrected chi connectivity index (χ1v) is 8.45. The summed E-state index contributed by atoms with van der Waals surface area (Å²) in [7, 11) is 1.63. The molecule has 0 N–H and O–H groups in total. The van der Waals surface area contributed by atoms with Crippen molar-refractivity contribution in [2.45, 2.75) is 25.6 Å². The molecule has 0 saturated carbocycles. The molecular formula is C20H22FNO3. The number of amides is 1. The molecule has 132 valence electrons.